The van der Waals surface area contributed by atoms with E-state index in [0.717, 1.165) is 15.9 Å². The van der Waals surface area contributed by atoms with Crippen LogP contribution >= 0.6 is 11.3 Å². The van der Waals surface area contributed by atoms with E-state index in [2.05, 4.69) is 10.6 Å². The summed E-state index contributed by atoms with van der Waals surface area (Å²) in [5.74, 6) is 0.190. The van der Waals surface area contributed by atoms with E-state index in [9.17, 15) is 4.79 Å². The van der Waals surface area contributed by atoms with Crippen LogP contribution in [0.3, 0.4) is 0 Å². The average Bonchev–Trinajstić information content (AvgIpc) is 2.81. The van der Waals surface area contributed by atoms with Gasteiger partial charge in [-0.25, -0.2) is 5.48 Å². The highest BCUT2D eigenvalue weighted by molar-refractivity contribution is 7.20. The molecule has 0 atom stereocenters. The average molecular weight is 267 g/mol. The molecule has 6 heteroatoms. The lowest BCUT2D eigenvalue weighted by atomic mass is 10.2. The predicted octanol–water partition coefficient (Wildman–Crippen LogP) is 2.26. The molecule has 2 aromatic rings. The van der Waals surface area contributed by atoms with Crippen molar-refractivity contribution in [2.75, 3.05) is 6.61 Å². The Morgan fingerprint density at radius 1 is 1.61 bits per heavy atom. The number of hydrogen-bond acceptors (Lipinski definition) is 4. The van der Waals surface area contributed by atoms with Crippen molar-refractivity contribution >= 4 is 27.5 Å². The number of rotatable bonds is 4. The van der Waals surface area contributed by atoms with Gasteiger partial charge >= 0.3 is 0 Å². The highest BCUT2D eigenvalue weighted by atomic mass is 32.1. The van der Waals surface area contributed by atoms with Gasteiger partial charge < -0.3 is 0 Å². The molecule has 0 bridgehead atoms. The monoisotopic (exact) mass is 267 g/mol. The van der Waals surface area contributed by atoms with Gasteiger partial charge in [0, 0.05) is 12.4 Å². The minimum Gasteiger partial charge on any atom is -0.273 e. The molecule has 0 unspecified atom stereocenters. The first-order valence-corrected chi connectivity index (χ1v) is 6.66. The molecule has 98 valence electrons. The van der Waals surface area contributed by atoms with Gasteiger partial charge in [0.2, 0.25) is 0 Å². The standard InChI is InChI=1S/C12H17N3O2S/c1-7(2)6-17-14-11(16)10-5-9-8(3)13-15(4)12(9)18-10/h5,7H,6H2,1-4H3,(H,14,16). The molecule has 0 saturated carbocycles. The summed E-state index contributed by atoms with van der Waals surface area (Å²) in [7, 11) is 1.88. The quantitative estimate of drug-likeness (QED) is 0.864. The second-order valence-electron chi connectivity index (χ2n) is 4.67. The molecule has 2 heterocycles. The Hall–Kier alpha value is -1.40. The molecule has 2 rings (SSSR count). The summed E-state index contributed by atoms with van der Waals surface area (Å²) in [5, 5.41) is 5.32. The number of aryl methyl sites for hydroxylation is 2. The Morgan fingerprint density at radius 3 is 2.94 bits per heavy atom. The Balaban J connectivity index is 2.11. The fraction of sp³-hybridized carbons (Fsp3) is 0.500. The van der Waals surface area contributed by atoms with Crippen molar-refractivity contribution in [1.82, 2.24) is 15.3 Å². The van der Waals surface area contributed by atoms with Gasteiger partial charge in [-0.1, -0.05) is 13.8 Å². The summed E-state index contributed by atoms with van der Waals surface area (Å²) in [5.41, 5.74) is 3.40. The molecule has 0 fully saturated rings. The van der Waals surface area contributed by atoms with Crippen molar-refractivity contribution in [2.24, 2.45) is 13.0 Å². The van der Waals surface area contributed by atoms with Crippen molar-refractivity contribution < 1.29 is 9.63 Å². The highest BCUT2D eigenvalue weighted by Gasteiger charge is 2.15. The minimum absolute atomic E-state index is 0.198. The fourth-order valence-corrected chi connectivity index (χ4v) is 2.65. The molecule has 0 aromatic carbocycles. The maximum atomic E-state index is 11.9. The van der Waals surface area contributed by atoms with E-state index in [1.165, 1.54) is 11.3 Å². The first-order valence-electron chi connectivity index (χ1n) is 5.84. The molecule has 0 spiro atoms. The minimum atomic E-state index is -0.198. The summed E-state index contributed by atoms with van der Waals surface area (Å²) in [4.78, 5) is 18.6. The third-order valence-corrected chi connectivity index (χ3v) is 3.70. The fourth-order valence-electron chi connectivity index (χ4n) is 1.64. The van der Waals surface area contributed by atoms with Crippen LogP contribution in [0.4, 0.5) is 0 Å². The molecule has 2 aromatic heterocycles. The largest absolute Gasteiger partial charge is 0.284 e. The molecule has 5 nitrogen and oxygen atoms in total. The number of nitrogens with one attached hydrogen (secondary N) is 1. The second-order valence-corrected chi connectivity index (χ2v) is 5.71. The van der Waals surface area contributed by atoms with Crippen LogP contribution < -0.4 is 5.48 Å². The van der Waals surface area contributed by atoms with Crippen LogP contribution in [0.25, 0.3) is 10.2 Å². The van der Waals surface area contributed by atoms with E-state index >= 15 is 0 Å². The van der Waals surface area contributed by atoms with E-state index < -0.39 is 0 Å². The van der Waals surface area contributed by atoms with Gasteiger partial charge in [-0.2, -0.15) is 5.10 Å². The lowest BCUT2D eigenvalue weighted by Gasteiger charge is -2.06. The molecule has 0 aliphatic carbocycles. The van der Waals surface area contributed by atoms with Crippen LogP contribution in [0.1, 0.15) is 29.2 Å². The lowest BCUT2D eigenvalue weighted by Crippen LogP contribution is -2.24. The zero-order valence-corrected chi connectivity index (χ0v) is 11.8. The molecular formula is C12H17N3O2S. The molecular weight excluding hydrogens is 250 g/mol. The smallest absolute Gasteiger partial charge is 0.273 e. The number of thiophene rings is 1. The maximum absolute atomic E-state index is 11.9. The molecule has 0 saturated heterocycles. The van der Waals surface area contributed by atoms with Crippen LogP contribution in [0.2, 0.25) is 0 Å². The number of aromatic nitrogens is 2. The van der Waals surface area contributed by atoms with Crippen LogP contribution in [0, 0.1) is 12.8 Å². The van der Waals surface area contributed by atoms with Gasteiger partial charge in [0.25, 0.3) is 5.91 Å². The van der Waals surface area contributed by atoms with Crippen molar-refractivity contribution in [2.45, 2.75) is 20.8 Å². The van der Waals surface area contributed by atoms with Gasteiger partial charge in [0.15, 0.2) is 0 Å². The van der Waals surface area contributed by atoms with E-state index in [0.29, 0.717) is 17.4 Å². The van der Waals surface area contributed by atoms with Gasteiger partial charge in [-0.3, -0.25) is 14.3 Å². The van der Waals surface area contributed by atoms with Crippen molar-refractivity contribution in [3.05, 3.63) is 16.6 Å². The lowest BCUT2D eigenvalue weighted by molar-refractivity contribution is 0.0212. The first kappa shape index (κ1) is 13.0. The molecule has 0 aliphatic heterocycles. The van der Waals surface area contributed by atoms with Gasteiger partial charge in [0.1, 0.15) is 4.83 Å². The Bertz CT molecular complexity index is 537. The first-order chi connectivity index (χ1) is 8.49. The van der Waals surface area contributed by atoms with Crippen molar-refractivity contribution in [3.8, 4) is 0 Å². The van der Waals surface area contributed by atoms with Crippen molar-refractivity contribution in [3.63, 3.8) is 0 Å². The second kappa shape index (κ2) is 5.07. The van der Waals surface area contributed by atoms with Crippen LogP contribution in [-0.2, 0) is 11.9 Å². The highest BCUT2D eigenvalue weighted by Crippen LogP contribution is 2.27. The zero-order chi connectivity index (χ0) is 13.3. The maximum Gasteiger partial charge on any atom is 0.284 e. The van der Waals surface area contributed by atoms with E-state index in [1.54, 1.807) is 4.68 Å². The van der Waals surface area contributed by atoms with Crippen LogP contribution in [0.5, 0.6) is 0 Å². The SMILES string of the molecule is Cc1nn(C)c2sc(C(=O)NOCC(C)C)cc12. The van der Waals surface area contributed by atoms with E-state index in [-0.39, 0.29) is 5.91 Å². The molecule has 0 aliphatic rings. The normalized spacial score (nSPS) is 11.4. The Morgan fingerprint density at radius 2 is 2.33 bits per heavy atom. The number of hydroxylamine groups is 1. The van der Waals surface area contributed by atoms with E-state index in [4.69, 9.17) is 4.84 Å². The van der Waals surface area contributed by atoms with Gasteiger partial charge in [-0.05, 0) is 18.9 Å². The molecule has 18 heavy (non-hydrogen) atoms. The summed E-state index contributed by atoms with van der Waals surface area (Å²) < 4.78 is 1.79. The summed E-state index contributed by atoms with van der Waals surface area (Å²) in [6.07, 6.45) is 0. The zero-order valence-electron chi connectivity index (χ0n) is 11.0. The third kappa shape index (κ3) is 2.54. The number of carbonyl (C=O) groups is 1. The number of hydrogen-bond donors (Lipinski definition) is 1. The molecule has 1 N–H and O–H groups in total. The predicted molar refractivity (Wildman–Crippen MR) is 71.6 cm³/mol. The number of amides is 1. The Kier molecular flexibility index (Phi) is 3.68. The van der Waals surface area contributed by atoms with Crippen LogP contribution in [-0.4, -0.2) is 22.3 Å². The molecule has 0 radical (unpaired) electrons. The van der Waals surface area contributed by atoms with Gasteiger partial charge in [-0.15, -0.1) is 11.3 Å². The van der Waals surface area contributed by atoms with Crippen molar-refractivity contribution in [1.29, 1.82) is 0 Å². The summed E-state index contributed by atoms with van der Waals surface area (Å²) in [6.45, 7) is 6.50. The number of fused-ring (bicyclic) bond motifs is 1. The van der Waals surface area contributed by atoms with E-state index in [1.807, 2.05) is 33.9 Å². The van der Waals surface area contributed by atoms with Gasteiger partial charge in [0.05, 0.1) is 17.2 Å². The summed E-state index contributed by atoms with van der Waals surface area (Å²) >= 11 is 1.42. The molecule has 1 amide bonds. The number of nitrogens with zero attached hydrogens (tertiary/aromatic N) is 2. The topological polar surface area (TPSA) is 56.2 Å². The number of carbonyl (C=O) groups excluding carboxylic acids is 1. The van der Waals surface area contributed by atoms with Crippen LogP contribution in [0.15, 0.2) is 6.07 Å². The third-order valence-electron chi connectivity index (χ3n) is 2.50. The Labute approximate surface area is 110 Å². The summed E-state index contributed by atoms with van der Waals surface area (Å²) in [6, 6.07) is 1.86.